The number of ether oxygens (including phenoxy) is 1. The molecule has 0 bridgehead atoms. The van der Waals surface area contributed by atoms with Gasteiger partial charge in [-0.2, -0.15) is 0 Å². The molecule has 0 atom stereocenters. The Labute approximate surface area is 70.6 Å². The summed E-state index contributed by atoms with van der Waals surface area (Å²) in [5.74, 6) is 3.94. The smallest absolute Gasteiger partial charge is 0.207 e. The Morgan fingerprint density at radius 3 is 3.25 bits per heavy atom. The average molecular weight is 163 g/mol. The third kappa shape index (κ3) is 1.08. The first-order chi connectivity index (χ1) is 5.92. The van der Waals surface area contributed by atoms with Crippen LogP contribution in [-0.4, -0.2) is 21.4 Å². The molecule has 1 aromatic heterocycles. The standard InChI is InChI=1S/C8H9N3O/c1-2-7-9-10-8-6-12-5-3-4-11(7)8/h1H,3-6H2. The minimum Gasteiger partial charge on any atom is -0.373 e. The van der Waals surface area contributed by atoms with Gasteiger partial charge in [0.15, 0.2) is 5.82 Å². The lowest BCUT2D eigenvalue weighted by Crippen LogP contribution is -2.03. The lowest BCUT2D eigenvalue weighted by Gasteiger charge is -1.99. The van der Waals surface area contributed by atoms with Gasteiger partial charge in [-0.25, -0.2) is 0 Å². The Hall–Kier alpha value is -1.34. The highest BCUT2D eigenvalue weighted by Gasteiger charge is 2.12. The van der Waals surface area contributed by atoms with Gasteiger partial charge in [0.1, 0.15) is 6.61 Å². The number of nitrogens with zero attached hydrogens (tertiary/aromatic N) is 3. The summed E-state index contributed by atoms with van der Waals surface area (Å²) in [5, 5.41) is 7.79. The molecule has 1 aromatic rings. The van der Waals surface area contributed by atoms with Crippen molar-refractivity contribution in [2.45, 2.75) is 19.6 Å². The second kappa shape index (κ2) is 2.95. The number of fused-ring (bicyclic) bond motifs is 1. The third-order valence-electron chi connectivity index (χ3n) is 1.86. The number of aromatic nitrogens is 3. The van der Waals surface area contributed by atoms with E-state index in [1.54, 1.807) is 0 Å². The van der Waals surface area contributed by atoms with E-state index in [4.69, 9.17) is 11.2 Å². The highest BCUT2D eigenvalue weighted by molar-refractivity contribution is 5.17. The minimum atomic E-state index is 0.522. The van der Waals surface area contributed by atoms with Gasteiger partial charge < -0.3 is 9.30 Å². The van der Waals surface area contributed by atoms with Crippen LogP contribution in [-0.2, 0) is 17.9 Å². The maximum absolute atomic E-state index is 5.29. The van der Waals surface area contributed by atoms with Gasteiger partial charge in [0.25, 0.3) is 0 Å². The molecule has 0 aliphatic carbocycles. The second-order valence-electron chi connectivity index (χ2n) is 2.64. The first-order valence-electron chi connectivity index (χ1n) is 3.88. The van der Waals surface area contributed by atoms with E-state index in [2.05, 4.69) is 16.1 Å². The predicted octanol–water partition coefficient (Wildman–Crippen LogP) is 0.180. The lowest BCUT2D eigenvalue weighted by atomic mass is 10.4. The Morgan fingerprint density at radius 1 is 1.50 bits per heavy atom. The zero-order valence-electron chi connectivity index (χ0n) is 6.66. The van der Waals surface area contributed by atoms with Gasteiger partial charge in [0, 0.05) is 13.2 Å². The molecule has 4 heteroatoms. The van der Waals surface area contributed by atoms with Gasteiger partial charge in [0.2, 0.25) is 5.82 Å². The Balaban J connectivity index is 2.40. The first kappa shape index (κ1) is 7.32. The number of hydrogen-bond donors (Lipinski definition) is 0. The summed E-state index contributed by atoms with van der Waals surface area (Å²) in [6.07, 6.45) is 6.23. The van der Waals surface area contributed by atoms with Crippen molar-refractivity contribution in [1.29, 1.82) is 0 Å². The number of hydrogen-bond acceptors (Lipinski definition) is 3. The largest absolute Gasteiger partial charge is 0.373 e. The molecule has 4 nitrogen and oxygen atoms in total. The Morgan fingerprint density at radius 2 is 2.42 bits per heavy atom. The molecule has 0 saturated heterocycles. The second-order valence-corrected chi connectivity index (χ2v) is 2.64. The van der Waals surface area contributed by atoms with Crippen LogP contribution >= 0.6 is 0 Å². The van der Waals surface area contributed by atoms with Gasteiger partial charge in [-0.05, 0) is 12.3 Å². The van der Waals surface area contributed by atoms with Crippen molar-refractivity contribution >= 4 is 0 Å². The van der Waals surface area contributed by atoms with Gasteiger partial charge in [-0.3, -0.25) is 0 Å². The third-order valence-corrected chi connectivity index (χ3v) is 1.86. The predicted molar refractivity (Wildman–Crippen MR) is 42.2 cm³/mol. The quantitative estimate of drug-likeness (QED) is 0.512. The van der Waals surface area contributed by atoms with Crippen molar-refractivity contribution in [3.63, 3.8) is 0 Å². The topological polar surface area (TPSA) is 39.9 Å². The molecule has 0 aromatic carbocycles. The Kier molecular flexibility index (Phi) is 1.80. The summed E-state index contributed by atoms with van der Waals surface area (Å²) in [6.45, 7) is 2.16. The fourth-order valence-electron chi connectivity index (χ4n) is 1.27. The first-order valence-corrected chi connectivity index (χ1v) is 3.88. The molecule has 12 heavy (non-hydrogen) atoms. The molecule has 1 aliphatic rings. The van der Waals surface area contributed by atoms with Crippen LogP contribution in [0.5, 0.6) is 0 Å². The van der Waals surface area contributed by atoms with Crippen molar-refractivity contribution in [1.82, 2.24) is 14.8 Å². The summed E-state index contributed by atoms with van der Waals surface area (Å²) in [4.78, 5) is 0. The van der Waals surface area contributed by atoms with Crippen molar-refractivity contribution < 1.29 is 4.74 Å². The van der Waals surface area contributed by atoms with Crippen molar-refractivity contribution in [2.24, 2.45) is 0 Å². The SMILES string of the molecule is C#Cc1nnc2n1CCCOC2. The number of rotatable bonds is 0. The molecule has 2 rings (SSSR count). The molecule has 2 heterocycles. The summed E-state index contributed by atoms with van der Waals surface area (Å²) in [6, 6.07) is 0. The van der Waals surface area contributed by atoms with E-state index in [0.717, 1.165) is 25.4 Å². The lowest BCUT2D eigenvalue weighted by molar-refractivity contribution is 0.122. The van der Waals surface area contributed by atoms with E-state index in [-0.39, 0.29) is 0 Å². The van der Waals surface area contributed by atoms with Crippen LogP contribution in [0.15, 0.2) is 0 Å². The van der Waals surface area contributed by atoms with Gasteiger partial charge in [-0.15, -0.1) is 16.6 Å². The molecular formula is C8H9N3O. The molecule has 0 amide bonds. The molecule has 0 spiro atoms. The van der Waals surface area contributed by atoms with Crippen LogP contribution in [0.25, 0.3) is 0 Å². The number of terminal acetylenes is 1. The van der Waals surface area contributed by atoms with E-state index in [0.29, 0.717) is 12.4 Å². The highest BCUT2D eigenvalue weighted by Crippen LogP contribution is 2.08. The van der Waals surface area contributed by atoms with Crippen molar-refractivity contribution in [2.75, 3.05) is 6.61 Å². The summed E-state index contributed by atoms with van der Waals surface area (Å²) < 4.78 is 7.22. The van der Waals surface area contributed by atoms with Crippen LogP contribution in [0.4, 0.5) is 0 Å². The van der Waals surface area contributed by atoms with Crippen LogP contribution in [0.2, 0.25) is 0 Å². The van der Waals surface area contributed by atoms with Crippen molar-refractivity contribution in [3.05, 3.63) is 11.6 Å². The van der Waals surface area contributed by atoms with E-state index < -0.39 is 0 Å². The van der Waals surface area contributed by atoms with E-state index >= 15 is 0 Å². The van der Waals surface area contributed by atoms with Gasteiger partial charge in [0.05, 0.1) is 0 Å². The van der Waals surface area contributed by atoms with E-state index in [9.17, 15) is 0 Å². The molecule has 0 radical (unpaired) electrons. The minimum absolute atomic E-state index is 0.522. The van der Waals surface area contributed by atoms with Gasteiger partial charge in [-0.1, -0.05) is 0 Å². The zero-order valence-corrected chi connectivity index (χ0v) is 6.66. The van der Waals surface area contributed by atoms with Crippen LogP contribution in [0.3, 0.4) is 0 Å². The van der Waals surface area contributed by atoms with Crippen LogP contribution < -0.4 is 0 Å². The Bertz CT molecular complexity index is 324. The monoisotopic (exact) mass is 163 g/mol. The van der Waals surface area contributed by atoms with E-state index in [1.165, 1.54) is 0 Å². The maximum Gasteiger partial charge on any atom is 0.207 e. The molecule has 0 saturated carbocycles. The fraction of sp³-hybridized carbons (Fsp3) is 0.500. The molecule has 62 valence electrons. The maximum atomic E-state index is 5.29. The van der Waals surface area contributed by atoms with E-state index in [1.807, 2.05) is 4.57 Å². The zero-order chi connectivity index (χ0) is 8.39. The molecule has 1 aliphatic heterocycles. The molecule has 0 fully saturated rings. The van der Waals surface area contributed by atoms with Crippen LogP contribution in [0, 0.1) is 12.3 Å². The molecular weight excluding hydrogens is 154 g/mol. The average Bonchev–Trinajstić information content (AvgIpc) is 2.33. The molecule has 0 N–H and O–H groups in total. The van der Waals surface area contributed by atoms with Crippen LogP contribution in [0.1, 0.15) is 18.1 Å². The fourth-order valence-corrected chi connectivity index (χ4v) is 1.27. The van der Waals surface area contributed by atoms with Crippen molar-refractivity contribution in [3.8, 4) is 12.3 Å². The summed E-state index contributed by atoms with van der Waals surface area (Å²) in [7, 11) is 0. The van der Waals surface area contributed by atoms with Gasteiger partial charge >= 0.3 is 0 Å². The summed E-state index contributed by atoms with van der Waals surface area (Å²) >= 11 is 0. The highest BCUT2D eigenvalue weighted by atomic mass is 16.5. The summed E-state index contributed by atoms with van der Waals surface area (Å²) in [5.41, 5.74) is 0. The molecule has 0 unspecified atom stereocenters. The normalized spacial score (nSPS) is 16.2.